The Hall–Kier alpha value is -2.45. The summed E-state index contributed by atoms with van der Waals surface area (Å²) in [6, 6.07) is 5.15. The van der Waals surface area contributed by atoms with Gasteiger partial charge < -0.3 is 19.2 Å². The second-order valence-electron chi connectivity index (χ2n) is 5.87. The van der Waals surface area contributed by atoms with Gasteiger partial charge in [-0.05, 0) is 18.2 Å². The summed E-state index contributed by atoms with van der Waals surface area (Å²) in [5.74, 6) is -0.119. The summed E-state index contributed by atoms with van der Waals surface area (Å²) in [7, 11) is 3.11. The van der Waals surface area contributed by atoms with Gasteiger partial charge in [0.2, 0.25) is 5.91 Å². The lowest BCUT2D eigenvalue weighted by atomic mass is 10.2. The van der Waals surface area contributed by atoms with E-state index < -0.39 is 11.1 Å². The van der Waals surface area contributed by atoms with Gasteiger partial charge in [0.25, 0.3) is 0 Å². The van der Waals surface area contributed by atoms with Crippen molar-refractivity contribution >= 4 is 22.6 Å². The highest BCUT2D eigenvalue weighted by molar-refractivity contribution is 5.94. The fraction of sp³-hybridized carbons (Fsp3) is 0.438. The maximum absolute atomic E-state index is 12.2. The number of nitrogens with one attached hydrogen (secondary N) is 1. The number of anilines is 1. The average molecular weight is 332 g/mol. The van der Waals surface area contributed by atoms with Crippen molar-refractivity contribution in [2.45, 2.75) is 0 Å². The van der Waals surface area contributed by atoms with E-state index in [0.29, 0.717) is 36.5 Å². The van der Waals surface area contributed by atoms with Gasteiger partial charge in [-0.3, -0.25) is 19.3 Å². The van der Waals surface area contributed by atoms with Crippen LogP contribution >= 0.6 is 0 Å². The molecular weight excluding hydrogens is 312 g/mol. The second kappa shape index (κ2) is 6.58. The zero-order valence-corrected chi connectivity index (χ0v) is 13.7. The molecule has 0 saturated carbocycles. The molecule has 1 fully saturated rings. The van der Waals surface area contributed by atoms with E-state index in [9.17, 15) is 14.4 Å². The minimum atomic E-state index is -0.596. The molecule has 0 aliphatic carbocycles. The van der Waals surface area contributed by atoms with Crippen LogP contribution in [0.4, 0.5) is 5.69 Å². The van der Waals surface area contributed by atoms with Crippen LogP contribution in [0.5, 0.6) is 0 Å². The fourth-order valence-corrected chi connectivity index (χ4v) is 2.82. The Balaban J connectivity index is 1.84. The number of benzene rings is 1. The van der Waals surface area contributed by atoms with Crippen molar-refractivity contribution < 1.29 is 9.53 Å². The third-order valence-corrected chi connectivity index (χ3v) is 4.25. The highest BCUT2D eigenvalue weighted by Crippen LogP contribution is 2.16. The summed E-state index contributed by atoms with van der Waals surface area (Å²) < 4.78 is 7.88. The lowest BCUT2D eigenvalue weighted by molar-refractivity contribution is -0.118. The van der Waals surface area contributed by atoms with Gasteiger partial charge in [-0.2, -0.15) is 0 Å². The Labute approximate surface area is 138 Å². The van der Waals surface area contributed by atoms with Crippen LogP contribution in [0.3, 0.4) is 0 Å². The predicted octanol–water partition coefficient (Wildman–Crippen LogP) is -0.492. The molecule has 1 aliphatic rings. The van der Waals surface area contributed by atoms with E-state index in [1.54, 1.807) is 32.3 Å². The van der Waals surface area contributed by atoms with Crippen molar-refractivity contribution in [2.24, 2.45) is 14.1 Å². The number of ether oxygens (including phenoxy) is 1. The summed E-state index contributed by atoms with van der Waals surface area (Å²) in [5, 5.41) is 2.84. The number of aryl methyl sites for hydroxylation is 2. The lowest BCUT2D eigenvalue weighted by Gasteiger charge is -2.25. The van der Waals surface area contributed by atoms with E-state index in [1.807, 2.05) is 4.90 Å². The molecule has 0 spiro atoms. The molecule has 0 atom stereocenters. The molecule has 1 saturated heterocycles. The van der Waals surface area contributed by atoms with Crippen molar-refractivity contribution in [2.75, 3.05) is 38.2 Å². The number of carbonyl (C=O) groups is 1. The molecule has 0 unspecified atom stereocenters. The Morgan fingerprint density at radius 3 is 2.38 bits per heavy atom. The summed E-state index contributed by atoms with van der Waals surface area (Å²) >= 11 is 0. The van der Waals surface area contributed by atoms with Crippen molar-refractivity contribution in [3.8, 4) is 0 Å². The summed E-state index contributed by atoms with van der Waals surface area (Å²) in [5.41, 5.74) is 0.643. The van der Waals surface area contributed by atoms with E-state index >= 15 is 0 Å². The topological polar surface area (TPSA) is 85.6 Å². The zero-order chi connectivity index (χ0) is 17.3. The Morgan fingerprint density at radius 2 is 1.71 bits per heavy atom. The van der Waals surface area contributed by atoms with Crippen molar-refractivity contribution in [3.05, 3.63) is 38.9 Å². The van der Waals surface area contributed by atoms with E-state index in [-0.39, 0.29) is 5.91 Å². The molecule has 1 aromatic heterocycles. The van der Waals surface area contributed by atoms with E-state index in [2.05, 4.69) is 5.32 Å². The van der Waals surface area contributed by atoms with Crippen LogP contribution in [0.2, 0.25) is 0 Å². The van der Waals surface area contributed by atoms with Gasteiger partial charge >= 0.3 is 11.1 Å². The number of aromatic nitrogens is 2. The van der Waals surface area contributed by atoms with Crippen LogP contribution in [0.25, 0.3) is 11.0 Å². The third-order valence-electron chi connectivity index (χ3n) is 4.25. The number of amides is 1. The van der Waals surface area contributed by atoms with Crippen LogP contribution in [0.15, 0.2) is 27.8 Å². The van der Waals surface area contributed by atoms with Gasteiger partial charge in [0, 0.05) is 32.9 Å². The zero-order valence-electron chi connectivity index (χ0n) is 13.7. The van der Waals surface area contributed by atoms with Gasteiger partial charge in [-0.25, -0.2) is 0 Å². The molecular formula is C16H20N4O4. The quantitative estimate of drug-likeness (QED) is 0.767. The summed E-state index contributed by atoms with van der Waals surface area (Å²) in [6.07, 6.45) is 0. The largest absolute Gasteiger partial charge is 0.379 e. The molecule has 1 aliphatic heterocycles. The fourth-order valence-electron chi connectivity index (χ4n) is 2.82. The van der Waals surface area contributed by atoms with Crippen molar-refractivity contribution in [1.29, 1.82) is 0 Å². The van der Waals surface area contributed by atoms with Crippen LogP contribution in [-0.2, 0) is 23.6 Å². The standard InChI is InChI=1S/C16H20N4O4/c1-18-12-4-3-11(9-13(12)19(2)16(23)15(18)22)17-14(21)10-20-5-7-24-8-6-20/h3-4,9H,5-8,10H2,1-2H3,(H,17,21). The molecule has 0 radical (unpaired) electrons. The Kier molecular flexibility index (Phi) is 4.50. The highest BCUT2D eigenvalue weighted by atomic mass is 16.5. The van der Waals surface area contributed by atoms with Crippen LogP contribution < -0.4 is 16.4 Å². The van der Waals surface area contributed by atoms with Gasteiger partial charge in [0.05, 0.1) is 30.8 Å². The molecule has 1 aromatic carbocycles. The van der Waals surface area contributed by atoms with E-state index in [0.717, 1.165) is 13.1 Å². The van der Waals surface area contributed by atoms with Crippen molar-refractivity contribution in [3.63, 3.8) is 0 Å². The van der Waals surface area contributed by atoms with E-state index in [1.165, 1.54) is 9.13 Å². The molecule has 1 amide bonds. The number of rotatable bonds is 3. The normalized spacial score (nSPS) is 15.6. The number of carbonyl (C=O) groups excluding carboxylic acids is 1. The third kappa shape index (κ3) is 3.10. The first kappa shape index (κ1) is 16.4. The highest BCUT2D eigenvalue weighted by Gasteiger charge is 2.15. The molecule has 2 heterocycles. The molecule has 8 nitrogen and oxygen atoms in total. The van der Waals surface area contributed by atoms with Crippen molar-refractivity contribution in [1.82, 2.24) is 14.0 Å². The van der Waals surface area contributed by atoms with Crippen LogP contribution in [-0.4, -0.2) is 52.8 Å². The monoisotopic (exact) mass is 332 g/mol. The molecule has 24 heavy (non-hydrogen) atoms. The van der Waals surface area contributed by atoms with Crippen LogP contribution in [0, 0.1) is 0 Å². The number of morpholine rings is 1. The first-order chi connectivity index (χ1) is 11.5. The number of hydrogen-bond donors (Lipinski definition) is 1. The Bertz CT molecular complexity index is 893. The SMILES string of the molecule is Cn1c(=O)c(=O)n(C)c2cc(NC(=O)CN3CCOCC3)ccc21. The molecule has 128 valence electrons. The number of nitrogens with zero attached hydrogens (tertiary/aromatic N) is 3. The number of fused-ring (bicyclic) bond motifs is 1. The molecule has 8 heteroatoms. The van der Waals surface area contributed by atoms with Gasteiger partial charge in [-0.15, -0.1) is 0 Å². The van der Waals surface area contributed by atoms with Crippen LogP contribution in [0.1, 0.15) is 0 Å². The minimum absolute atomic E-state index is 0.119. The second-order valence-corrected chi connectivity index (χ2v) is 5.87. The molecule has 0 bridgehead atoms. The smallest absolute Gasteiger partial charge is 0.316 e. The summed E-state index contributed by atoms with van der Waals surface area (Å²) in [4.78, 5) is 38.0. The first-order valence-electron chi connectivity index (χ1n) is 7.77. The van der Waals surface area contributed by atoms with Gasteiger partial charge in [0.1, 0.15) is 0 Å². The maximum atomic E-state index is 12.2. The minimum Gasteiger partial charge on any atom is -0.379 e. The predicted molar refractivity (Wildman–Crippen MR) is 90.3 cm³/mol. The maximum Gasteiger partial charge on any atom is 0.316 e. The average Bonchev–Trinajstić information content (AvgIpc) is 2.59. The lowest BCUT2D eigenvalue weighted by Crippen LogP contribution is -2.41. The summed E-state index contributed by atoms with van der Waals surface area (Å²) in [6.45, 7) is 3.05. The molecule has 2 aromatic rings. The van der Waals surface area contributed by atoms with Gasteiger partial charge in [-0.1, -0.05) is 0 Å². The Morgan fingerprint density at radius 1 is 1.08 bits per heavy atom. The molecule has 1 N–H and O–H groups in total. The first-order valence-corrected chi connectivity index (χ1v) is 7.77. The van der Waals surface area contributed by atoms with E-state index in [4.69, 9.17) is 4.74 Å². The number of hydrogen-bond acceptors (Lipinski definition) is 5. The van der Waals surface area contributed by atoms with Gasteiger partial charge in [0.15, 0.2) is 0 Å². The molecule has 3 rings (SSSR count).